The summed E-state index contributed by atoms with van der Waals surface area (Å²) in [5, 5.41) is 0. The van der Waals surface area contributed by atoms with E-state index in [0.29, 0.717) is 18.3 Å². The van der Waals surface area contributed by atoms with Gasteiger partial charge in [-0.25, -0.2) is 4.98 Å². The van der Waals surface area contributed by atoms with Crippen LogP contribution in [0, 0.1) is 5.92 Å². The smallest absolute Gasteiger partial charge is 0.126 e. The Morgan fingerprint density at radius 1 is 1.15 bits per heavy atom. The highest BCUT2D eigenvalue weighted by atomic mass is 16.5. The van der Waals surface area contributed by atoms with Gasteiger partial charge in [-0.3, -0.25) is 4.98 Å². The quantitative estimate of drug-likeness (QED) is 0.928. The molecule has 0 aliphatic heterocycles. The monoisotopic (exact) mass is 273 g/mol. The zero-order valence-electron chi connectivity index (χ0n) is 12.4. The average molecular weight is 273 g/mol. The fraction of sp³-hybridized carbons (Fsp3) is 0.375. The number of nitrogen functional groups attached to an aromatic ring is 1. The summed E-state index contributed by atoms with van der Waals surface area (Å²) in [5.74, 6) is 2.19. The molecule has 0 aromatic carbocycles. The summed E-state index contributed by atoms with van der Waals surface area (Å²) in [6.07, 6.45) is 6.16. The van der Waals surface area contributed by atoms with E-state index in [1.54, 1.807) is 18.6 Å². The van der Waals surface area contributed by atoms with Crippen molar-refractivity contribution in [2.45, 2.75) is 27.2 Å². The fourth-order valence-corrected chi connectivity index (χ4v) is 1.66. The van der Waals surface area contributed by atoms with Crippen molar-refractivity contribution in [3.05, 3.63) is 48.4 Å². The molecule has 4 nitrogen and oxygen atoms in total. The van der Waals surface area contributed by atoms with Gasteiger partial charge in [0.2, 0.25) is 0 Å². The van der Waals surface area contributed by atoms with Gasteiger partial charge in [-0.05, 0) is 43.0 Å². The maximum absolute atomic E-state index is 5.66. The number of rotatable bonds is 4. The molecule has 2 aromatic rings. The summed E-state index contributed by atoms with van der Waals surface area (Å²) in [4.78, 5) is 7.86. The van der Waals surface area contributed by atoms with Gasteiger partial charge in [0.05, 0.1) is 6.61 Å². The van der Waals surface area contributed by atoms with Gasteiger partial charge in [0, 0.05) is 18.6 Å². The molecule has 4 heteroatoms. The van der Waals surface area contributed by atoms with Gasteiger partial charge >= 0.3 is 0 Å². The molecule has 0 unspecified atom stereocenters. The van der Waals surface area contributed by atoms with Gasteiger partial charge in [-0.2, -0.15) is 0 Å². The van der Waals surface area contributed by atoms with E-state index in [9.17, 15) is 0 Å². The third-order valence-electron chi connectivity index (χ3n) is 2.52. The molecule has 2 rings (SSSR count). The summed E-state index contributed by atoms with van der Waals surface area (Å²) >= 11 is 0. The van der Waals surface area contributed by atoms with E-state index in [0.717, 1.165) is 17.7 Å². The van der Waals surface area contributed by atoms with Gasteiger partial charge < -0.3 is 10.5 Å². The standard InChI is InChI=1S/C9H14N2.C7H9NO/c1-7(2)6-8-4-3-5-11-9(8)10;1-2-9-7-3-5-8-6-4-7/h3-5,7H,6H2,1-2H3,(H2,10,11);3-6H,2H2,1H3. The normalized spacial score (nSPS) is 9.80. The van der Waals surface area contributed by atoms with Gasteiger partial charge in [-0.15, -0.1) is 0 Å². The first-order chi connectivity index (χ1) is 9.63. The molecule has 0 fully saturated rings. The molecule has 0 bridgehead atoms. The van der Waals surface area contributed by atoms with E-state index >= 15 is 0 Å². The second kappa shape index (κ2) is 8.91. The summed E-state index contributed by atoms with van der Waals surface area (Å²) in [7, 11) is 0. The molecule has 0 aliphatic carbocycles. The molecule has 0 saturated heterocycles. The highest BCUT2D eigenvalue weighted by Gasteiger charge is 2.00. The molecular formula is C16H23N3O. The topological polar surface area (TPSA) is 61.0 Å². The Morgan fingerprint density at radius 3 is 2.40 bits per heavy atom. The lowest BCUT2D eigenvalue weighted by molar-refractivity contribution is 0.340. The van der Waals surface area contributed by atoms with Gasteiger partial charge in [-0.1, -0.05) is 19.9 Å². The number of hydrogen-bond acceptors (Lipinski definition) is 4. The maximum Gasteiger partial charge on any atom is 0.126 e. The highest BCUT2D eigenvalue weighted by molar-refractivity contribution is 5.38. The van der Waals surface area contributed by atoms with Gasteiger partial charge in [0.15, 0.2) is 0 Å². The number of anilines is 1. The molecule has 2 aromatic heterocycles. The lowest BCUT2D eigenvalue weighted by Gasteiger charge is -2.05. The number of nitrogens with two attached hydrogens (primary N) is 1. The van der Waals surface area contributed by atoms with Gasteiger partial charge in [0.1, 0.15) is 11.6 Å². The minimum absolute atomic E-state index is 0.640. The Bertz CT molecular complexity index is 486. The molecule has 0 radical (unpaired) electrons. The number of nitrogens with zero attached hydrogens (tertiary/aromatic N) is 2. The van der Waals surface area contributed by atoms with Crippen molar-refractivity contribution < 1.29 is 4.74 Å². The van der Waals surface area contributed by atoms with E-state index in [4.69, 9.17) is 10.5 Å². The van der Waals surface area contributed by atoms with Crippen molar-refractivity contribution in [3.8, 4) is 5.75 Å². The number of ether oxygens (including phenoxy) is 1. The predicted molar refractivity (Wildman–Crippen MR) is 82.6 cm³/mol. The molecule has 20 heavy (non-hydrogen) atoms. The minimum Gasteiger partial charge on any atom is -0.494 e. The summed E-state index contributed by atoms with van der Waals surface area (Å²) in [5.41, 5.74) is 6.81. The van der Waals surface area contributed by atoms with E-state index < -0.39 is 0 Å². The Balaban J connectivity index is 0.000000204. The third-order valence-corrected chi connectivity index (χ3v) is 2.52. The van der Waals surface area contributed by atoms with Crippen LogP contribution in [-0.2, 0) is 6.42 Å². The molecule has 0 atom stereocenters. The SMILES string of the molecule is CC(C)Cc1cccnc1N.CCOc1ccncc1. The van der Waals surface area contributed by atoms with Crippen LogP contribution >= 0.6 is 0 Å². The van der Waals surface area contributed by atoms with Crippen molar-refractivity contribution in [1.29, 1.82) is 0 Å². The predicted octanol–water partition coefficient (Wildman–Crippen LogP) is 3.34. The number of hydrogen-bond donors (Lipinski definition) is 1. The molecule has 108 valence electrons. The van der Waals surface area contributed by atoms with Crippen LogP contribution in [0.5, 0.6) is 5.75 Å². The van der Waals surface area contributed by atoms with Gasteiger partial charge in [0.25, 0.3) is 0 Å². The Morgan fingerprint density at radius 2 is 1.85 bits per heavy atom. The van der Waals surface area contributed by atoms with E-state index in [1.165, 1.54) is 0 Å². The Kier molecular flexibility index (Phi) is 7.11. The lowest BCUT2D eigenvalue weighted by Crippen LogP contribution is -2.00. The number of pyridine rings is 2. The van der Waals surface area contributed by atoms with Crippen molar-refractivity contribution in [3.63, 3.8) is 0 Å². The Labute approximate surface area is 121 Å². The summed E-state index contributed by atoms with van der Waals surface area (Å²) < 4.78 is 5.17. The van der Waals surface area contributed by atoms with E-state index in [-0.39, 0.29) is 0 Å². The van der Waals surface area contributed by atoms with Crippen LogP contribution in [-0.4, -0.2) is 16.6 Å². The lowest BCUT2D eigenvalue weighted by atomic mass is 10.0. The fourth-order valence-electron chi connectivity index (χ4n) is 1.66. The van der Waals surface area contributed by atoms with Crippen molar-refractivity contribution >= 4 is 5.82 Å². The van der Waals surface area contributed by atoms with Crippen LogP contribution < -0.4 is 10.5 Å². The molecular weight excluding hydrogens is 250 g/mol. The second-order valence-corrected chi connectivity index (χ2v) is 4.76. The van der Waals surface area contributed by atoms with Crippen molar-refractivity contribution in [1.82, 2.24) is 9.97 Å². The van der Waals surface area contributed by atoms with E-state index in [2.05, 4.69) is 23.8 Å². The molecule has 0 saturated carbocycles. The van der Waals surface area contributed by atoms with Crippen molar-refractivity contribution in [2.24, 2.45) is 5.92 Å². The maximum atomic E-state index is 5.66. The van der Waals surface area contributed by atoms with Crippen LogP contribution in [0.15, 0.2) is 42.9 Å². The molecule has 0 aliphatic rings. The number of aromatic nitrogens is 2. The van der Waals surface area contributed by atoms with Crippen LogP contribution in [0.25, 0.3) is 0 Å². The van der Waals surface area contributed by atoms with Crippen LogP contribution in [0.2, 0.25) is 0 Å². The summed E-state index contributed by atoms with van der Waals surface area (Å²) in [6, 6.07) is 7.63. The van der Waals surface area contributed by atoms with Crippen LogP contribution in [0.3, 0.4) is 0 Å². The third kappa shape index (κ3) is 6.18. The zero-order valence-corrected chi connectivity index (χ0v) is 12.4. The Hall–Kier alpha value is -2.10. The largest absolute Gasteiger partial charge is 0.494 e. The second-order valence-electron chi connectivity index (χ2n) is 4.76. The van der Waals surface area contributed by atoms with E-state index in [1.807, 2.05) is 31.2 Å². The summed E-state index contributed by atoms with van der Waals surface area (Å²) in [6.45, 7) is 7.02. The average Bonchev–Trinajstić information content (AvgIpc) is 2.43. The first-order valence-corrected chi connectivity index (χ1v) is 6.85. The zero-order chi connectivity index (χ0) is 14.8. The molecule has 2 N–H and O–H groups in total. The highest BCUT2D eigenvalue weighted by Crippen LogP contribution is 2.12. The molecule has 2 heterocycles. The molecule has 0 amide bonds. The van der Waals surface area contributed by atoms with Crippen molar-refractivity contribution in [2.75, 3.05) is 12.3 Å². The molecule has 0 spiro atoms. The van der Waals surface area contributed by atoms with Crippen LogP contribution in [0.4, 0.5) is 5.82 Å². The van der Waals surface area contributed by atoms with Crippen LogP contribution in [0.1, 0.15) is 26.3 Å². The first kappa shape index (κ1) is 16.0. The minimum atomic E-state index is 0.640. The first-order valence-electron chi connectivity index (χ1n) is 6.85.